The summed E-state index contributed by atoms with van der Waals surface area (Å²) in [6.45, 7) is 9.33. The SMILES string of the molecule is Cc1ccccc1-c1cc(=O)oc2cc(N(C)C(C)C(=O)OC(C)(C)C)ccc12. The normalized spacial score (nSPS) is 12.6. The number of hydrogen-bond donors (Lipinski definition) is 0. The zero-order chi connectivity index (χ0) is 21.3. The molecule has 0 fully saturated rings. The predicted molar refractivity (Wildman–Crippen MR) is 116 cm³/mol. The number of anilines is 1. The summed E-state index contributed by atoms with van der Waals surface area (Å²) >= 11 is 0. The van der Waals surface area contributed by atoms with E-state index >= 15 is 0 Å². The van der Waals surface area contributed by atoms with Crippen molar-refractivity contribution in [3.63, 3.8) is 0 Å². The van der Waals surface area contributed by atoms with E-state index in [1.54, 1.807) is 13.0 Å². The lowest BCUT2D eigenvalue weighted by atomic mass is 9.98. The molecule has 0 aliphatic rings. The molecule has 3 aromatic rings. The number of ether oxygens (including phenoxy) is 1. The fourth-order valence-electron chi connectivity index (χ4n) is 3.24. The molecule has 1 heterocycles. The standard InChI is InChI=1S/C24H27NO4/c1-15-9-7-8-10-18(15)20-14-22(26)28-21-13-17(11-12-19(20)21)25(6)16(2)23(27)29-24(3,4)5/h7-14,16H,1-6H3. The summed E-state index contributed by atoms with van der Waals surface area (Å²) in [4.78, 5) is 26.5. The van der Waals surface area contributed by atoms with E-state index in [1.807, 2.05) is 76.0 Å². The van der Waals surface area contributed by atoms with Crippen molar-refractivity contribution in [2.24, 2.45) is 0 Å². The molecule has 1 atom stereocenters. The van der Waals surface area contributed by atoms with Gasteiger partial charge in [0, 0.05) is 35.8 Å². The highest BCUT2D eigenvalue weighted by Gasteiger charge is 2.25. The summed E-state index contributed by atoms with van der Waals surface area (Å²) in [5, 5.41) is 0.848. The minimum Gasteiger partial charge on any atom is -0.458 e. The van der Waals surface area contributed by atoms with Gasteiger partial charge in [0.25, 0.3) is 0 Å². The van der Waals surface area contributed by atoms with Gasteiger partial charge in [0.1, 0.15) is 17.2 Å². The second-order valence-electron chi connectivity index (χ2n) is 8.29. The van der Waals surface area contributed by atoms with Crippen LogP contribution in [0.5, 0.6) is 0 Å². The van der Waals surface area contributed by atoms with E-state index in [9.17, 15) is 9.59 Å². The van der Waals surface area contributed by atoms with Crippen molar-refractivity contribution in [2.45, 2.75) is 46.3 Å². The highest BCUT2D eigenvalue weighted by molar-refractivity contribution is 5.95. The second kappa shape index (κ2) is 7.74. The number of esters is 1. The van der Waals surface area contributed by atoms with Gasteiger partial charge in [-0.05, 0) is 57.9 Å². The third-order valence-corrected chi connectivity index (χ3v) is 4.90. The van der Waals surface area contributed by atoms with Crippen LogP contribution in [0.15, 0.2) is 57.7 Å². The number of fused-ring (bicyclic) bond motifs is 1. The van der Waals surface area contributed by atoms with Crippen molar-refractivity contribution >= 4 is 22.6 Å². The monoisotopic (exact) mass is 393 g/mol. The van der Waals surface area contributed by atoms with Gasteiger partial charge in [-0.25, -0.2) is 9.59 Å². The number of carbonyl (C=O) groups excluding carboxylic acids is 1. The molecule has 1 aromatic heterocycles. The molecule has 0 N–H and O–H groups in total. The van der Waals surface area contributed by atoms with E-state index in [4.69, 9.17) is 9.15 Å². The van der Waals surface area contributed by atoms with Crippen LogP contribution >= 0.6 is 0 Å². The molecular formula is C24H27NO4. The molecule has 5 heteroatoms. The van der Waals surface area contributed by atoms with Crippen molar-refractivity contribution < 1.29 is 13.9 Å². The Hall–Kier alpha value is -3.08. The number of carbonyl (C=O) groups is 1. The van der Waals surface area contributed by atoms with Crippen LogP contribution in [0.1, 0.15) is 33.3 Å². The van der Waals surface area contributed by atoms with Crippen LogP contribution in [0.4, 0.5) is 5.69 Å². The Labute approximate surface area is 170 Å². The number of benzene rings is 2. The molecule has 3 rings (SSSR count). The summed E-state index contributed by atoms with van der Waals surface area (Å²) in [7, 11) is 1.82. The first-order chi connectivity index (χ1) is 13.6. The minimum atomic E-state index is -0.551. The third-order valence-electron chi connectivity index (χ3n) is 4.90. The Bertz CT molecular complexity index is 1110. The van der Waals surface area contributed by atoms with Crippen molar-refractivity contribution in [1.82, 2.24) is 0 Å². The van der Waals surface area contributed by atoms with Crippen LogP contribution in [0.25, 0.3) is 22.1 Å². The maximum Gasteiger partial charge on any atom is 0.336 e. The van der Waals surface area contributed by atoms with Crippen molar-refractivity contribution in [1.29, 1.82) is 0 Å². The van der Waals surface area contributed by atoms with Crippen LogP contribution in [0.3, 0.4) is 0 Å². The van der Waals surface area contributed by atoms with Crippen LogP contribution < -0.4 is 10.5 Å². The summed E-state index contributed by atoms with van der Waals surface area (Å²) in [5.41, 5.74) is 3.20. The van der Waals surface area contributed by atoms with Crippen molar-refractivity contribution in [3.8, 4) is 11.1 Å². The van der Waals surface area contributed by atoms with E-state index in [0.29, 0.717) is 5.58 Å². The fourth-order valence-corrected chi connectivity index (χ4v) is 3.24. The van der Waals surface area contributed by atoms with E-state index in [2.05, 4.69) is 0 Å². The first kappa shape index (κ1) is 20.6. The Balaban J connectivity index is 2.02. The molecule has 5 nitrogen and oxygen atoms in total. The number of rotatable bonds is 4. The Morgan fingerprint density at radius 2 is 1.76 bits per heavy atom. The molecular weight excluding hydrogens is 366 g/mol. The number of nitrogens with zero attached hydrogens (tertiary/aromatic N) is 1. The van der Waals surface area contributed by atoms with Crippen LogP contribution in [0, 0.1) is 6.92 Å². The summed E-state index contributed by atoms with van der Waals surface area (Å²) in [6, 6.07) is 14.6. The zero-order valence-electron chi connectivity index (χ0n) is 17.8. The average Bonchev–Trinajstić information content (AvgIpc) is 2.64. The lowest BCUT2D eigenvalue weighted by molar-refractivity contribution is -0.155. The topological polar surface area (TPSA) is 59.8 Å². The quantitative estimate of drug-likeness (QED) is 0.464. The van der Waals surface area contributed by atoms with Gasteiger partial charge in [-0.1, -0.05) is 24.3 Å². The molecule has 0 aliphatic heterocycles. The van der Waals surface area contributed by atoms with Gasteiger partial charge in [0.15, 0.2) is 0 Å². The fraction of sp³-hybridized carbons (Fsp3) is 0.333. The van der Waals surface area contributed by atoms with Gasteiger partial charge in [-0.3, -0.25) is 0 Å². The Kier molecular flexibility index (Phi) is 5.51. The van der Waals surface area contributed by atoms with E-state index in [1.165, 1.54) is 6.07 Å². The molecule has 29 heavy (non-hydrogen) atoms. The van der Waals surface area contributed by atoms with Crippen LogP contribution in [-0.2, 0) is 9.53 Å². The molecule has 1 unspecified atom stereocenters. The Morgan fingerprint density at radius 3 is 2.41 bits per heavy atom. The lowest BCUT2D eigenvalue weighted by Gasteiger charge is -2.29. The first-order valence-corrected chi connectivity index (χ1v) is 9.66. The smallest absolute Gasteiger partial charge is 0.336 e. The van der Waals surface area contributed by atoms with Gasteiger partial charge in [-0.15, -0.1) is 0 Å². The van der Waals surface area contributed by atoms with Gasteiger partial charge >= 0.3 is 11.6 Å². The summed E-state index contributed by atoms with van der Waals surface area (Å²) < 4.78 is 11.0. The highest BCUT2D eigenvalue weighted by Crippen LogP contribution is 2.32. The van der Waals surface area contributed by atoms with Crippen molar-refractivity contribution in [3.05, 3.63) is 64.5 Å². The van der Waals surface area contributed by atoms with Gasteiger partial charge in [-0.2, -0.15) is 0 Å². The maximum absolute atomic E-state index is 12.4. The molecule has 0 spiro atoms. The third kappa shape index (κ3) is 4.50. The van der Waals surface area contributed by atoms with E-state index in [0.717, 1.165) is 27.8 Å². The van der Waals surface area contributed by atoms with E-state index < -0.39 is 17.3 Å². The maximum atomic E-state index is 12.4. The number of hydrogen-bond acceptors (Lipinski definition) is 5. The zero-order valence-corrected chi connectivity index (χ0v) is 17.8. The van der Waals surface area contributed by atoms with Gasteiger partial charge in [0.2, 0.25) is 0 Å². The lowest BCUT2D eigenvalue weighted by Crippen LogP contribution is -2.40. The summed E-state index contributed by atoms with van der Waals surface area (Å²) in [5.74, 6) is -0.310. The average molecular weight is 393 g/mol. The molecule has 0 saturated carbocycles. The Morgan fingerprint density at radius 1 is 1.07 bits per heavy atom. The molecule has 0 amide bonds. The van der Waals surface area contributed by atoms with E-state index in [-0.39, 0.29) is 5.97 Å². The molecule has 152 valence electrons. The van der Waals surface area contributed by atoms with Crippen LogP contribution in [0.2, 0.25) is 0 Å². The second-order valence-corrected chi connectivity index (χ2v) is 8.29. The van der Waals surface area contributed by atoms with Gasteiger partial charge < -0.3 is 14.1 Å². The molecule has 2 aromatic carbocycles. The number of likely N-dealkylation sites (N-methyl/N-ethyl adjacent to an activating group) is 1. The van der Waals surface area contributed by atoms with Crippen LogP contribution in [-0.4, -0.2) is 24.7 Å². The molecule has 0 aliphatic carbocycles. The molecule has 0 bridgehead atoms. The summed E-state index contributed by atoms with van der Waals surface area (Å²) in [6.07, 6.45) is 0. The largest absolute Gasteiger partial charge is 0.458 e. The molecule has 0 saturated heterocycles. The van der Waals surface area contributed by atoms with Crippen molar-refractivity contribution in [2.75, 3.05) is 11.9 Å². The predicted octanol–water partition coefficient (Wildman–Crippen LogP) is 4.93. The number of aryl methyl sites for hydroxylation is 1. The highest BCUT2D eigenvalue weighted by atomic mass is 16.6. The van der Waals surface area contributed by atoms with Gasteiger partial charge in [0.05, 0.1) is 0 Å². The first-order valence-electron chi connectivity index (χ1n) is 9.66. The molecule has 0 radical (unpaired) electrons. The minimum absolute atomic E-state index is 0.310.